The van der Waals surface area contributed by atoms with Crippen LogP contribution >= 0.6 is 0 Å². The molecule has 8 heteroatoms. The average Bonchev–Trinajstić information content (AvgIpc) is 2.81. The van der Waals surface area contributed by atoms with E-state index in [2.05, 4.69) is 10.6 Å². The molecule has 2 aliphatic heterocycles. The molecule has 8 nitrogen and oxygen atoms in total. The first-order chi connectivity index (χ1) is 10.9. The standard InChI is InChI=1S/C15H15N3O5/c19-11(9-2-1-3-10(8-9)12(20)21)18-6-4-15(5-7-18)13(22)16-14(23)17-15/h1-3,8H,4-7H2,(H,20,21)(H2,16,17,22,23). The molecular formula is C15H15N3O5. The minimum absolute atomic E-state index is 0.0479. The summed E-state index contributed by atoms with van der Waals surface area (Å²) in [5.74, 6) is -1.74. The molecule has 4 amide bonds. The van der Waals surface area contributed by atoms with Gasteiger partial charge in [-0.05, 0) is 31.0 Å². The molecule has 0 atom stereocenters. The number of urea groups is 1. The molecule has 0 saturated carbocycles. The fraction of sp³-hybridized carbons (Fsp3) is 0.333. The van der Waals surface area contributed by atoms with E-state index in [9.17, 15) is 19.2 Å². The fourth-order valence-corrected chi connectivity index (χ4v) is 2.94. The molecule has 23 heavy (non-hydrogen) atoms. The van der Waals surface area contributed by atoms with Gasteiger partial charge < -0.3 is 15.3 Å². The predicted molar refractivity (Wildman–Crippen MR) is 77.9 cm³/mol. The van der Waals surface area contributed by atoms with Crippen LogP contribution in [0.15, 0.2) is 24.3 Å². The number of imide groups is 1. The largest absolute Gasteiger partial charge is 0.478 e. The number of nitrogens with zero attached hydrogens (tertiary/aromatic N) is 1. The van der Waals surface area contributed by atoms with Crippen molar-refractivity contribution in [2.75, 3.05) is 13.1 Å². The second-order valence-electron chi connectivity index (χ2n) is 5.67. The zero-order chi connectivity index (χ0) is 16.6. The number of benzene rings is 1. The lowest BCUT2D eigenvalue weighted by molar-refractivity contribution is -0.125. The van der Waals surface area contributed by atoms with Crippen molar-refractivity contribution in [3.8, 4) is 0 Å². The van der Waals surface area contributed by atoms with Gasteiger partial charge in [-0.2, -0.15) is 0 Å². The van der Waals surface area contributed by atoms with Crippen LogP contribution in [0.5, 0.6) is 0 Å². The molecule has 0 aliphatic carbocycles. The lowest BCUT2D eigenvalue weighted by atomic mass is 9.87. The number of hydrogen-bond donors (Lipinski definition) is 3. The summed E-state index contributed by atoms with van der Waals surface area (Å²) in [6.07, 6.45) is 0.657. The fourth-order valence-electron chi connectivity index (χ4n) is 2.94. The van der Waals surface area contributed by atoms with Crippen molar-refractivity contribution in [3.63, 3.8) is 0 Å². The van der Waals surface area contributed by atoms with Gasteiger partial charge in [-0.15, -0.1) is 0 Å². The number of carboxylic acid groups (broad SMARTS) is 1. The van der Waals surface area contributed by atoms with Gasteiger partial charge in [0.05, 0.1) is 5.56 Å². The van der Waals surface area contributed by atoms with Crippen molar-refractivity contribution in [1.82, 2.24) is 15.5 Å². The number of carboxylic acids is 1. The number of carbonyl (C=O) groups excluding carboxylic acids is 3. The van der Waals surface area contributed by atoms with E-state index < -0.39 is 17.5 Å². The highest BCUT2D eigenvalue weighted by molar-refractivity contribution is 6.07. The van der Waals surface area contributed by atoms with Crippen molar-refractivity contribution >= 4 is 23.8 Å². The van der Waals surface area contributed by atoms with E-state index in [1.54, 1.807) is 11.0 Å². The number of piperidine rings is 1. The van der Waals surface area contributed by atoms with Gasteiger partial charge in [-0.1, -0.05) is 6.07 Å². The summed E-state index contributed by atoms with van der Waals surface area (Å²) < 4.78 is 0. The van der Waals surface area contributed by atoms with Crippen LogP contribution < -0.4 is 10.6 Å². The molecule has 0 unspecified atom stereocenters. The predicted octanol–water partition coefficient (Wildman–Crippen LogP) is 0.199. The van der Waals surface area contributed by atoms with E-state index in [1.807, 2.05) is 0 Å². The Morgan fingerprint density at radius 2 is 1.78 bits per heavy atom. The molecule has 3 N–H and O–H groups in total. The molecule has 1 aromatic carbocycles. The summed E-state index contributed by atoms with van der Waals surface area (Å²) >= 11 is 0. The molecule has 3 rings (SSSR count). The summed E-state index contributed by atoms with van der Waals surface area (Å²) in [5, 5.41) is 13.8. The van der Waals surface area contributed by atoms with E-state index in [0.29, 0.717) is 31.5 Å². The SMILES string of the molecule is O=C1NC(=O)C2(CCN(C(=O)c3cccc(C(=O)O)c3)CC2)N1. The maximum Gasteiger partial charge on any atom is 0.335 e. The van der Waals surface area contributed by atoms with Crippen molar-refractivity contribution < 1.29 is 24.3 Å². The summed E-state index contributed by atoms with van der Waals surface area (Å²) in [5.41, 5.74) is -0.593. The first-order valence-electron chi connectivity index (χ1n) is 7.17. The second-order valence-corrected chi connectivity index (χ2v) is 5.67. The molecular weight excluding hydrogens is 302 g/mol. The summed E-state index contributed by atoms with van der Waals surface area (Å²) in [4.78, 5) is 48.2. The number of rotatable bonds is 2. The Morgan fingerprint density at radius 3 is 2.35 bits per heavy atom. The van der Waals surface area contributed by atoms with Gasteiger partial charge in [0.2, 0.25) is 0 Å². The molecule has 2 heterocycles. The number of likely N-dealkylation sites (tertiary alicyclic amines) is 1. The monoisotopic (exact) mass is 317 g/mol. The third-order valence-electron chi connectivity index (χ3n) is 4.28. The Labute approximate surface area is 131 Å². The van der Waals surface area contributed by atoms with Crippen molar-refractivity contribution in [3.05, 3.63) is 35.4 Å². The average molecular weight is 317 g/mol. The van der Waals surface area contributed by atoms with E-state index in [4.69, 9.17) is 5.11 Å². The van der Waals surface area contributed by atoms with E-state index in [1.165, 1.54) is 18.2 Å². The normalized spacial score (nSPS) is 19.4. The van der Waals surface area contributed by atoms with E-state index >= 15 is 0 Å². The molecule has 2 saturated heterocycles. The van der Waals surface area contributed by atoms with Crippen LogP contribution in [0.25, 0.3) is 0 Å². The van der Waals surface area contributed by atoms with Crippen LogP contribution in [-0.2, 0) is 4.79 Å². The molecule has 2 aliphatic rings. The van der Waals surface area contributed by atoms with Gasteiger partial charge in [0.25, 0.3) is 11.8 Å². The molecule has 1 spiro atoms. The van der Waals surface area contributed by atoms with Crippen molar-refractivity contribution in [1.29, 1.82) is 0 Å². The highest BCUT2D eigenvalue weighted by Crippen LogP contribution is 2.26. The molecule has 2 fully saturated rings. The highest BCUT2D eigenvalue weighted by atomic mass is 16.4. The first kappa shape index (κ1) is 15.0. The second kappa shape index (κ2) is 5.38. The molecule has 0 bridgehead atoms. The minimum Gasteiger partial charge on any atom is -0.478 e. The van der Waals surface area contributed by atoms with Crippen molar-refractivity contribution in [2.45, 2.75) is 18.4 Å². The lowest BCUT2D eigenvalue weighted by Gasteiger charge is -2.37. The maximum absolute atomic E-state index is 12.5. The third-order valence-corrected chi connectivity index (χ3v) is 4.28. The van der Waals surface area contributed by atoms with Gasteiger partial charge >= 0.3 is 12.0 Å². The Balaban J connectivity index is 1.71. The van der Waals surface area contributed by atoms with Crippen LogP contribution in [0.2, 0.25) is 0 Å². The Hall–Kier alpha value is -2.90. The molecule has 120 valence electrons. The number of hydrogen-bond acceptors (Lipinski definition) is 4. The Kier molecular flexibility index (Phi) is 3.51. The van der Waals surface area contributed by atoms with Crippen LogP contribution in [0.4, 0.5) is 4.79 Å². The van der Waals surface area contributed by atoms with Crippen molar-refractivity contribution in [2.24, 2.45) is 0 Å². The zero-order valence-corrected chi connectivity index (χ0v) is 12.2. The van der Waals surface area contributed by atoms with Gasteiger partial charge in [-0.3, -0.25) is 14.9 Å². The highest BCUT2D eigenvalue weighted by Gasteiger charge is 2.48. The molecule has 1 aromatic rings. The number of aromatic carboxylic acids is 1. The van der Waals surface area contributed by atoms with Gasteiger partial charge in [0, 0.05) is 18.7 Å². The number of nitrogens with one attached hydrogen (secondary N) is 2. The third kappa shape index (κ3) is 2.63. The first-order valence-corrected chi connectivity index (χ1v) is 7.17. The molecule has 0 aromatic heterocycles. The minimum atomic E-state index is -1.09. The Bertz CT molecular complexity index is 707. The van der Waals surface area contributed by atoms with Crippen LogP contribution in [0, 0.1) is 0 Å². The Morgan fingerprint density at radius 1 is 1.13 bits per heavy atom. The van der Waals surface area contributed by atoms with E-state index in [0.717, 1.165) is 0 Å². The van der Waals surface area contributed by atoms with E-state index in [-0.39, 0.29) is 17.4 Å². The summed E-state index contributed by atoms with van der Waals surface area (Å²) in [6.45, 7) is 0.619. The molecule has 0 radical (unpaired) electrons. The van der Waals surface area contributed by atoms with Gasteiger partial charge in [-0.25, -0.2) is 9.59 Å². The summed E-state index contributed by atoms with van der Waals surface area (Å²) in [6, 6.07) is 5.32. The van der Waals surface area contributed by atoms with Crippen LogP contribution in [0.3, 0.4) is 0 Å². The number of amides is 4. The van der Waals surface area contributed by atoms with Crippen LogP contribution in [0.1, 0.15) is 33.6 Å². The maximum atomic E-state index is 12.5. The topological polar surface area (TPSA) is 116 Å². The zero-order valence-electron chi connectivity index (χ0n) is 12.2. The number of carbonyl (C=O) groups is 4. The van der Waals surface area contributed by atoms with Gasteiger partial charge in [0.15, 0.2) is 0 Å². The smallest absolute Gasteiger partial charge is 0.335 e. The summed E-state index contributed by atoms with van der Waals surface area (Å²) in [7, 11) is 0. The quantitative estimate of drug-likeness (QED) is 0.674. The van der Waals surface area contributed by atoms with Crippen LogP contribution in [-0.4, -0.2) is 52.4 Å². The lowest BCUT2D eigenvalue weighted by Crippen LogP contribution is -2.55. The van der Waals surface area contributed by atoms with Gasteiger partial charge in [0.1, 0.15) is 5.54 Å².